The number of aliphatic hydroxyl groups excluding tert-OH is 1. The molecule has 0 aliphatic carbocycles. The molecule has 0 aliphatic heterocycles. The maximum Gasteiger partial charge on any atom is 0.127 e. The Morgan fingerprint density at radius 1 is 1.75 bits per heavy atom. The summed E-state index contributed by atoms with van der Waals surface area (Å²) in [5, 5.41) is 11.8. The minimum Gasteiger partial charge on any atom is -0.394 e. The van der Waals surface area contributed by atoms with E-state index in [0.717, 1.165) is 10.3 Å². The van der Waals surface area contributed by atoms with Gasteiger partial charge in [-0.05, 0) is 19.1 Å². The van der Waals surface area contributed by atoms with Crippen molar-refractivity contribution < 1.29 is 5.11 Å². The van der Waals surface area contributed by atoms with Crippen LogP contribution < -0.4 is 5.32 Å². The van der Waals surface area contributed by atoms with E-state index in [1.54, 1.807) is 6.20 Å². The summed E-state index contributed by atoms with van der Waals surface area (Å²) in [5.41, 5.74) is 0. The fourth-order valence-electron chi connectivity index (χ4n) is 0.782. The molecule has 0 bridgehead atoms. The molecular weight excluding hydrogens is 220 g/mol. The maximum absolute atomic E-state index is 8.76. The first-order valence-corrected chi connectivity index (χ1v) is 4.50. The lowest BCUT2D eigenvalue weighted by molar-refractivity contribution is 0.281. The zero-order valence-corrected chi connectivity index (χ0v) is 8.37. The van der Waals surface area contributed by atoms with E-state index in [1.807, 2.05) is 19.1 Å². The van der Waals surface area contributed by atoms with Gasteiger partial charge in [0.15, 0.2) is 0 Å². The van der Waals surface area contributed by atoms with Crippen LogP contribution in [0.2, 0.25) is 0 Å². The Balaban J connectivity index is 2.63. The van der Waals surface area contributed by atoms with Crippen LogP contribution in [0.5, 0.6) is 0 Å². The van der Waals surface area contributed by atoms with Gasteiger partial charge in [-0.1, -0.05) is 15.9 Å². The molecule has 66 valence electrons. The van der Waals surface area contributed by atoms with Gasteiger partial charge in [0.1, 0.15) is 5.82 Å². The number of pyridine rings is 1. The van der Waals surface area contributed by atoms with Crippen LogP contribution in [0.3, 0.4) is 0 Å². The van der Waals surface area contributed by atoms with E-state index in [4.69, 9.17) is 5.11 Å². The summed E-state index contributed by atoms with van der Waals surface area (Å²) < 4.78 is 0.977. The van der Waals surface area contributed by atoms with Crippen LogP contribution in [-0.4, -0.2) is 22.7 Å². The topological polar surface area (TPSA) is 45.1 Å². The Labute approximate surface area is 80.0 Å². The lowest BCUT2D eigenvalue weighted by Crippen LogP contribution is -2.19. The van der Waals surface area contributed by atoms with E-state index >= 15 is 0 Å². The highest BCUT2D eigenvalue weighted by atomic mass is 79.9. The number of aromatic nitrogens is 1. The molecule has 12 heavy (non-hydrogen) atoms. The van der Waals surface area contributed by atoms with Gasteiger partial charge in [0.2, 0.25) is 0 Å². The molecular formula is C8H11BrN2O. The largest absolute Gasteiger partial charge is 0.394 e. The minimum atomic E-state index is 0.0341. The Morgan fingerprint density at radius 2 is 2.50 bits per heavy atom. The van der Waals surface area contributed by atoms with Gasteiger partial charge in [-0.2, -0.15) is 0 Å². The third-order valence-corrected chi connectivity index (χ3v) is 1.88. The molecule has 1 aromatic rings. The van der Waals surface area contributed by atoms with E-state index in [9.17, 15) is 0 Å². The summed E-state index contributed by atoms with van der Waals surface area (Å²) in [6.45, 7) is 2.00. The summed E-state index contributed by atoms with van der Waals surface area (Å²) in [6, 6.07) is 3.76. The van der Waals surface area contributed by atoms with Crippen molar-refractivity contribution in [3.63, 3.8) is 0 Å². The Morgan fingerprint density at radius 3 is 3.08 bits per heavy atom. The molecule has 0 unspecified atom stereocenters. The Hall–Kier alpha value is -0.610. The zero-order valence-electron chi connectivity index (χ0n) is 6.79. The van der Waals surface area contributed by atoms with Gasteiger partial charge in [0, 0.05) is 16.7 Å². The van der Waals surface area contributed by atoms with E-state index in [1.165, 1.54) is 0 Å². The maximum atomic E-state index is 8.76. The van der Waals surface area contributed by atoms with Crippen LogP contribution in [0.15, 0.2) is 22.8 Å². The standard InChI is InChI=1S/C8H11BrN2O/c1-6(5-12)11-8-4-7(9)2-3-10-8/h2-4,6,12H,5H2,1H3,(H,10,11)/t6-/m0/s1. The SMILES string of the molecule is C[C@@H](CO)Nc1cc(Br)ccn1. The van der Waals surface area contributed by atoms with Gasteiger partial charge in [0.25, 0.3) is 0 Å². The van der Waals surface area contributed by atoms with Crippen molar-refractivity contribution in [3.05, 3.63) is 22.8 Å². The summed E-state index contributed by atoms with van der Waals surface area (Å²) in [4.78, 5) is 4.08. The first-order valence-electron chi connectivity index (χ1n) is 3.71. The highest BCUT2D eigenvalue weighted by Crippen LogP contribution is 2.12. The molecule has 1 heterocycles. The lowest BCUT2D eigenvalue weighted by Gasteiger charge is -2.10. The Kier molecular flexibility index (Phi) is 3.49. The van der Waals surface area contributed by atoms with E-state index in [0.29, 0.717) is 0 Å². The summed E-state index contributed by atoms with van der Waals surface area (Å²) >= 11 is 3.33. The van der Waals surface area contributed by atoms with Crippen LogP contribution in [0.4, 0.5) is 5.82 Å². The second-order valence-corrected chi connectivity index (χ2v) is 3.50. The molecule has 3 nitrogen and oxygen atoms in total. The number of nitrogens with zero attached hydrogens (tertiary/aromatic N) is 1. The molecule has 0 fully saturated rings. The third kappa shape index (κ3) is 2.79. The van der Waals surface area contributed by atoms with Crippen molar-refractivity contribution >= 4 is 21.7 Å². The zero-order chi connectivity index (χ0) is 8.97. The highest BCUT2D eigenvalue weighted by Gasteiger charge is 1.99. The van der Waals surface area contributed by atoms with Gasteiger partial charge < -0.3 is 10.4 Å². The normalized spacial score (nSPS) is 12.6. The van der Waals surface area contributed by atoms with Crippen LogP contribution >= 0.6 is 15.9 Å². The predicted molar refractivity (Wildman–Crippen MR) is 52.1 cm³/mol. The fourth-order valence-corrected chi connectivity index (χ4v) is 1.12. The van der Waals surface area contributed by atoms with Crippen LogP contribution in [0.25, 0.3) is 0 Å². The molecule has 0 saturated carbocycles. The molecule has 0 aromatic carbocycles. The first kappa shape index (κ1) is 9.48. The van der Waals surface area contributed by atoms with Gasteiger partial charge in [-0.25, -0.2) is 4.98 Å². The number of hydrogen-bond acceptors (Lipinski definition) is 3. The Bertz CT molecular complexity index is 255. The van der Waals surface area contributed by atoms with Gasteiger partial charge in [0.05, 0.1) is 6.61 Å². The van der Waals surface area contributed by atoms with Crippen LogP contribution in [0.1, 0.15) is 6.92 Å². The highest BCUT2D eigenvalue weighted by molar-refractivity contribution is 9.10. The fraction of sp³-hybridized carbons (Fsp3) is 0.375. The number of anilines is 1. The second-order valence-electron chi connectivity index (χ2n) is 2.59. The monoisotopic (exact) mass is 230 g/mol. The molecule has 0 radical (unpaired) electrons. The third-order valence-electron chi connectivity index (χ3n) is 1.39. The van der Waals surface area contributed by atoms with Crippen molar-refractivity contribution in [2.45, 2.75) is 13.0 Å². The van der Waals surface area contributed by atoms with Crippen LogP contribution in [-0.2, 0) is 0 Å². The number of rotatable bonds is 3. The molecule has 0 amide bonds. The van der Waals surface area contributed by atoms with Gasteiger partial charge in [-0.15, -0.1) is 0 Å². The van der Waals surface area contributed by atoms with Crippen molar-refractivity contribution in [3.8, 4) is 0 Å². The second kappa shape index (κ2) is 4.42. The van der Waals surface area contributed by atoms with E-state index in [-0.39, 0.29) is 12.6 Å². The van der Waals surface area contributed by atoms with Crippen molar-refractivity contribution in [2.24, 2.45) is 0 Å². The van der Waals surface area contributed by atoms with Crippen LogP contribution in [0, 0.1) is 0 Å². The predicted octanol–water partition coefficient (Wildman–Crippen LogP) is 1.64. The molecule has 0 spiro atoms. The van der Waals surface area contributed by atoms with E-state index < -0.39 is 0 Å². The first-order chi connectivity index (χ1) is 5.72. The lowest BCUT2D eigenvalue weighted by atomic mass is 10.3. The summed E-state index contributed by atoms with van der Waals surface area (Å²) in [7, 11) is 0. The molecule has 1 atom stereocenters. The number of aliphatic hydroxyl groups is 1. The van der Waals surface area contributed by atoms with Gasteiger partial charge >= 0.3 is 0 Å². The van der Waals surface area contributed by atoms with Crippen molar-refractivity contribution in [1.29, 1.82) is 0 Å². The number of halogens is 1. The average Bonchev–Trinajstić information content (AvgIpc) is 2.04. The summed E-state index contributed by atoms with van der Waals surface area (Å²) in [5.74, 6) is 0.769. The number of hydrogen-bond donors (Lipinski definition) is 2. The quantitative estimate of drug-likeness (QED) is 0.831. The molecule has 4 heteroatoms. The molecule has 2 N–H and O–H groups in total. The average molecular weight is 231 g/mol. The molecule has 1 rings (SSSR count). The minimum absolute atomic E-state index is 0.0341. The smallest absolute Gasteiger partial charge is 0.127 e. The van der Waals surface area contributed by atoms with E-state index in [2.05, 4.69) is 26.2 Å². The summed E-state index contributed by atoms with van der Waals surface area (Å²) in [6.07, 6.45) is 1.70. The van der Waals surface area contributed by atoms with Crippen molar-refractivity contribution in [1.82, 2.24) is 4.98 Å². The van der Waals surface area contributed by atoms with Crippen molar-refractivity contribution in [2.75, 3.05) is 11.9 Å². The van der Waals surface area contributed by atoms with Gasteiger partial charge in [-0.3, -0.25) is 0 Å². The molecule has 0 saturated heterocycles. The molecule has 1 aromatic heterocycles. The molecule has 0 aliphatic rings. The number of nitrogens with one attached hydrogen (secondary N) is 1.